The van der Waals surface area contributed by atoms with Gasteiger partial charge in [0.05, 0.1) is 13.2 Å². The third-order valence-electron chi connectivity index (χ3n) is 5.89. The molecule has 3 rings (SSSR count). The Kier molecular flexibility index (Phi) is 6.18. The maximum Gasteiger partial charge on any atom is 0.342 e. The normalized spacial score (nSPS) is 22.3. The Hall–Kier alpha value is -2.47. The van der Waals surface area contributed by atoms with E-state index in [1.54, 1.807) is 6.92 Å². The summed E-state index contributed by atoms with van der Waals surface area (Å²) in [6.07, 6.45) is 2.63. The van der Waals surface area contributed by atoms with Gasteiger partial charge in [-0.2, -0.15) is 0 Å². The molecule has 2 N–H and O–H groups in total. The highest BCUT2D eigenvalue weighted by Crippen LogP contribution is 2.46. The van der Waals surface area contributed by atoms with Gasteiger partial charge in [-0.25, -0.2) is 4.79 Å². The molecule has 6 nitrogen and oxygen atoms in total. The number of carbonyl (C=O) groups excluding carboxylic acids is 1. The summed E-state index contributed by atoms with van der Waals surface area (Å²) in [5.74, 6) is 0.434. The zero-order chi connectivity index (χ0) is 22.2. The molecule has 0 saturated carbocycles. The van der Waals surface area contributed by atoms with Gasteiger partial charge in [0.2, 0.25) is 0 Å². The first-order chi connectivity index (χ1) is 14.1. The number of hydrogen-bond donors (Lipinski definition) is 2. The van der Waals surface area contributed by atoms with E-state index in [1.165, 1.54) is 7.11 Å². The monoisotopic (exact) mass is 416 g/mol. The standard InChI is InChI=1S/C24H32O6/c1-7-16-14(4)11-15-12-29-23(27)19-22(28-6)17(18(25)10-13(2)3)8-9-24(19,5)30-21(15)20(16)26/h8,11,13,18,25-26H,7,9-10,12H2,1-6H3/t18-,24?/m0/s1. The Balaban J connectivity index is 2.13. The molecule has 30 heavy (non-hydrogen) atoms. The molecule has 1 unspecified atom stereocenters. The van der Waals surface area contributed by atoms with E-state index in [0.717, 1.165) is 11.1 Å². The van der Waals surface area contributed by atoms with Gasteiger partial charge in [-0.3, -0.25) is 0 Å². The fourth-order valence-corrected chi connectivity index (χ4v) is 4.36. The van der Waals surface area contributed by atoms with Crippen molar-refractivity contribution in [2.24, 2.45) is 5.92 Å². The van der Waals surface area contributed by atoms with Crippen LogP contribution in [0.3, 0.4) is 0 Å². The van der Waals surface area contributed by atoms with Crippen molar-refractivity contribution in [3.05, 3.63) is 45.7 Å². The molecule has 0 bridgehead atoms. The SMILES string of the molecule is CCc1c(C)cc2c(c1O)OC1(C)CC=C([C@@H](O)CC(C)C)C(OC)=C1C(=O)OC2. The summed E-state index contributed by atoms with van der Waals surface area (Å²) in [7, 11) is 1.47. The molecule has 0 fully saturated rings. The number of aliphatic hydroxyl groups is 1. The van der Waals surface area contributed by atoms with Crippen LogP contribution in [0.4, 0.5) is 0 Å². The molecule has 1 aliphatic heterocycles. The van der Waals surface area contributed by atoms with E-state index in [0.29, 0.717) is 36.1 Å². The van der Waals surface area contributed by atoms with Crippen LogP contribution in [-0.4, -0.2) is 35.0 Å². The minimum absolute atomic E-state index is 0.0171. The second-order valence-electron chi connectivity index (χ2n) is 8.69. The molecule has 1 aromatic carbocycles. The number of phenols is 1. The fourth-order valence-electron chi connectivity index (χ4n) is 4.36. The topological polar surface area (TPSA) is 85.2 Å². The molecule has 0 aromatic heterocycles. The number of carbonyl (C=O) groups is 1. The van der Waals surface area contributed by atoms with Gasteiger partial charge < -0.3 is 24.4 Å². The number of hydrogen-bond acceptors (Lipinski definition) is 6. The molecule has 6 heteroatoms. The smallest absolute Gasteiger partial charge is 0.342 e. The van der Waals surface area contributed by atoms with Crippen molar-refractivity contribution >= 4 is 5.97 Å². The van der Waals surface area contributed by atoms with E-state index >= 15 is 0 Å². The summed E-state index contributed by atoms with van der Waals surface area (Å²) in [5, 5.41) is 21.6. The maximum atomic E-state index is 13.1. The molecule has 0 saturated heterocycles. The lowest BCUT2D eigenvalue weighted by Crippen LogP contribution is -2.43. The minimum Gasteiger partial charge on any atom is -0.504 e. The molecule has 0 radical (unpaired) electrons. The van der Waals surface area contributed by atoms with E-state index in [2.05, 4.69) is 0 Å². The number of rotatable bonds is 5. The van der Waals surface area contributed by atoms with Crippen LogP contribution in [0.1, 0.15) is 57.2 Å². The average Bonchev–Trinajstić information content (AvgIpc) is 2.66. The van der Waals surface area contributed by atoms with Gasteiger partial charge in [0, 0.05) is 23.1 Å². The number of phenolic OH excluding ortho intramolecular Hbond substituents is 1. The quantitative estimate of drug-likeness (QED) is 0.703. The molecular weight excluding hydrogens is 384 g/mol. The highest BCUT2D eigenvalue weighted by Gasteiger charge is 2.46. The van der Waals surface area contributed by atoms with Gasteiger partial charge in [0.15, 0.2) is 11.5 Å². The Morgan fingerprint density at radius 2 is 2.03 bits per heavy atom. The number of benzene rings is 1. The van der Waals surface area contributed by atoms with Crippen LogP contribution < -0.4 is 4.74 Å². The van der Waals surface area contributed by atoms with Crippen molar-refractivity contribution in [1.29, 1.82) is 0 Å². The highest BCUT2D eigenvalue weighted by atomic mass is 16.6. The average molecular weight is 417 g/mol. The number of aryl methyl sites for hydroxylation is 1. The van der Waals surface area contributed by atoms with Crippen molar-refractivity contribution in [3.63, 3.8) is 0 Å². The highest BCUT2D eigenvalue weighted by molar-refractivity contribution is 5.93. The Morgan fingerprint density at radius 3 is 2.63 bits per heavy atom. The van der Waals surface area contributed by atoms with Gasteiger partial charge in [0.25, 0.3) is 0 Å². The molecular formula is C24H32O6. The Labute approximate surface area is 178 Å². The lowest BCUT2D eigenvalue weighted by atomic mass is 9.81. The zero-order valence-corrected chi connectivity index (χ0v) is 18.7. The van der Waals surface area contributed by atoms with Crippen LogP contribution in [0.15, 0.2) is 29.0 Å². The summed E-state index contributed by atoms with van der Waals surface area (Å²) in [4.78, 5) is 13.1. The number of esters is 1. The van der Waals surface area contributed by atoms with Gasteiger partial charge in [-0.15, -0.1) is 0 Å². The number of aromatic hydroxyl groups is 1. The summed E-state index contributed by atoms with van der Waals surface area (Å²) in [6.45, 7) is 9.70. The summed E-state index contributed by atoms with van der Waals surface area (Å²) < 4.78 is 17.5. The summed E-state index contributed by atoms with van der Waals surface area (Å²) in [5.41, 5.74) is 2.06. The van der Waals surface area contributed by atoms with E-state index in [9.17, 15) is 15.0 Å². The van der Waals surface area contributed by atoms with Crippen LogP contribution in [0.25, 0.3) is 0 Å². The lowest BCUT2D eigenvalue weighted by Gasteiger charge is -2.39. The lowest BCUT2D eigenvalue weighted by molar-refractivity contribution is -0.143. The van der Waals surface area contributed by atoms with Crippen LogP contribution in [0.5, 0.6) is 11.5 Å². The second-order valence-corrected chi connectivity index (χ2v) is 8.69. The van der Waals surface area contributed by atoms with Crippen molar-refractivity contribution < 1.29 is 29.2 Å². The number of aliphatic hydroxyl groups excluding tert-OH is 1. The summed E-state index contributed by atoms with van der Waals surface area (Å²) >= 11 is 0. The Morgan fingerprint density at radius 1 is 1.33 bits per heavy atom. The molecule has 1 aliphatic carbocycles. The first-order valence-corrected chi connectivity index (χ1v) is 10.5. The van der Waals surface area contributed by atoms with Crippen LogP contribution in [0.2, 0.25) is 0 Å². The van der Waals surface area contributed by atoms with Gasteiger partial charge >= 0.3 is 5.97 Å². The summed E-state index contributed by atoms with van der Waals surface area (Å²) in [6, 6.07) is 1.90. The van der Waals surface area contributed by atoms with E-state index in [4.69, 9.17) is 14.2 Å². The van der Waals surface area contributed by atoms with Crippen molar-refractivity contribution in [2.45, 2.75) is 72.2 Å². The van der Waals surface area contributed by atoms with Crippen molar-refractivity contribution in [1.82, 2.24) is 0 Å². The Bertz CT molecular complexity index is 911. The largest absolute Gasteiger partial charge is 0.504 e. The van der Waals surface area contributed by atoms with Gasteiger partial charge in [-0.05, 0) is 44.2 Å². The maximum absolute atomic E-state index is 13.1. The van der Waals surface area contributed by atoms with Crippen LogP contribution in [0, 0.1) is 12.8 Å². The van der Waals surface area contributed by atoms with Crippen LogP contribution in [-0.2, 0) is 27.3 Å². The molecule has 1 heterocycles. The van der Waals surface area contributed by atoms with E-state index in [1.807, 2.05) is 39.8 Å². The molecule has 164 valence electrons. The predicted molar refractivity (Wildman–Crippen MR) is 113 cm³/mol. The van der Waals surface area contributed by atoms with Gasteiger partial charge in [-0.1, -0.05) is 26.8 Å². The number of fused-ring (bicyclic) bond motifs is 2. The third-order valence-corrected chi connectivity index (χ3v) is 5.89. The first kappa shape index (κ1) is 22.2. The first-order valence-electron chi connectivity index (χ1n) is 10.5. The molecule has 2 atom stereocenters. The minimum atomic E-state index is -1.10. The van der Waals surface area contributed by atoms with Gasteiger partial charge in [0.1, 0.15) is 23.5 Å². The predicted octanol–water partition coefficient (Wildman–Crippen LogP) is 4.09. The fraction of sp³-hybridized carbons (Fsp3) is 0.542. The number of cyclic esters (lactones) is 1. The molecule has 1 aromatic rings. The van der Waals surface area contributed by atoms with Crippen LogP contribution >= 0.6 is 0 Å². The number of methoxy groups -OCH3 is 1. The molecule has 0 spiro atoms. The molecule has 2 aliphatic rings. The molecule has 0 amide bonds. The van der Waals surface area contributed by atoms with Crippen molar-refractivity contribution in [2.75, 3.05) is 7.11 Å². The second kappa shape index (κ2) is 8.34. The third kappa shape index (κ3) is 3.81. The van der Waals surface area contributed by atoms with E-state index in [-0.39, 0.29) is 29.6 Å². The van der Waals surface area contributed by atoms with Crippen molar-refractivity contribution in [3.8, 4) is 11.5 Å². The number of ether oxygens (including phenoxy) is 3. The zero-order valence-electron chi connectivity index (χ0n) is 18.7. The van der Waals surface area contributed by atoms with E-state index < -0.39 is 17.7 Å².